The first-order chi connectivity index (χ1) is 17.0. The van der Waals surface area contributed by atoms with Crippen LogP contribution in [0, 0.1) is 0 Å². The maximum atomic E-state index is 9.83. The van der Waals surface area contributed by atoms with Crippen LogP contribution in [0.3, 0.4) is 0 Å². The Hall–Kier alpha value is -2.91. The van der Waals surface area contributed by atoms with E-state index in [0.717, 1.165) is 37.2 Å². The number of ether oxygens (including phenoxy) is 1. The molecule has 9 nitrogen and oxygen atoms in total. The molecule has 1 aliphatic heterocycles. The summed E-state index contributed by atoms with van der Waals surface area (Å²) in [4.78, 5) is 13.5. The monoisotopic (exact) mass is 481 g/mol. The second-order valence-electron chi connectivity index (χ2n) is 9.53. The fraction of sp³-hybridized carbons (Fsp3) is 0.577. The molecule has 0 bridgehead atoms. The zero-order valence-corrected chi connectivity index (χ0v) is 21.3. The zero-order chi connectivity index (χ0) is 24.8. The van der Waals surface area contributed by atoms with E-state index in [4.69, 9.17) is 15.6 Å². The van der Waals surface area contributed by atoms with Gasteiger partial charge in [0.05, 0.1) is 32.5 Å². The van der Waals surface area contributed by atoms with Crippen LogP contribution >= 0.6 is 0 Å². The highest BCUT2D eigenvalue weighted by Gasteiger charge is 2.21. The molecule has 9 heteroatoms. The minimum atomic E-state index is -0.100. The van der Waals surface area contributed by atoms with E-state index in [-0.39, 0.29) is 18.6 Å². The van der Waals surface area contributed by atoms with Gasteiger partial charge in [-0.25, -0.2) is 4.98 Å². The van der Waals surface area contributed by atoms with Crippen LogP contribution in [0.5, 0.6) is 5.75 Å². The van der Waals surface area contributed by atoms with E-state index in [1.165, 1.54) is 37.9 Å². The third-order valence-corrected chi connectivity index (χ3v) is 6.77. The maximum Gasteiger partial charge on any atom is 0.222 e. The fourth-order valence-corrected chi connectivity index (χ4v) is 4.77. The Morgan fingerprint density at radius 1 is 1.17 bits per heavy atom. The minimum Gasteiger partial charge on any atom is -0.496 e. The van der Waals surface area contributed by atoms with Gasteiger partial charge in [0.2, 0.25) is 5.95 Å². The van der Waals surface area contributed by atoms with Crippen LogP contribution in [0.4, 0.5) is 11.8 Å². The average Bonchev–Trinajstić information content (AvgIpc) is 3.27. The van der Waals surface area contributed by atoms with E-state index in [9.17, 15) is 5.11 Å². The van der Waals surface area contributed by atoms with Gasteiger partial charge < -0.3 is 20.5 Å². The summed E-state index contributed by atoms with van der Waals surface area (Å²) in [5, 5.41) is 14.7. The zero-order valence-electron chi connectivity index (χ0n) is 21.3. The van der Waals surface area contributed by atoms with Crippen molar-refractivity contribution < 1.29 is 9.84 Å². The predicted molar refractivity (Wildman–Crippen MR) is 140 cm³/mol. The number of hydrogen-bond donors (Lipinski definition) is 2. The standard InChI is InChI=1S/C26H39N7O2/c1-4-5-13-33(19(2)18-34)25-24-22(28-26(27)29-25)17-32(30-24)16-21-10-9-20(14-23(21)35-3)15-31-11-7-6-8-12-31/h9-10,14,17,19,34H,4-8,11-13,15-16,18H2,1-3H3,(H2,27,28). The first-order valence-electron chi connectivity index (χ1n) is 12.8. The maximum absolute atomic E-state index is 9.83. The van der Waals surface area contributed by atoms with Crippen molar-refractivity contribution in [1.82, 2.24) is 24.6 Å². The van der Waals surface area contributed by atoms with Crippen molar-refractivity contribution in [3.8, 4) is 5.75 Å². The number of aliphatic hydroxyl groups excluding tert-OH is 1. The number of hydrogen-bond acceptors (Lipinski definition) is 8. The first kappa shape index (κ1) is 25.2. The van der Waals surface area contributed by atoms with E-state index in [1.54, 1.807) is 7.11 Å². The smallest absolute Gasteiger partial charge is 0.222 e. The number of unbranched alkanes of at least 4 members (excludes halogenated alkanes) is 1. The van der Waals surface area contributed by atoms with Crippen molar-refractivity contribution >= 4 is 22.8 Å². The fourth-order valence-electron chi connectivity index (χ4n) is 4.77. The Bertz CT molecular complexity index is 1110. The highest BCUT2D eigenvalue weighted by molar-refractivity contribution is 5.86. The molecule has 35 heavy (non-hydrogen) atoms. The van der Waals surface area contributed by atoms with Gasteiger partial charge in [0, 0.05) is 18.7 Å². The number of fused-ring (bicyclic) bond motifs is 1. The summed E-state index contributed by atoms with van der Waals surface area (Å²) < 4.78 is 7.62. The molecule has 3 heterocycles. The Morgan fingerprint density at radius 2 is 1.97 bits per heavy atom. The van der Waals surface area contributed by atoms with Gasteiger partial charge in [0.25, 0.3) is 0 Å². The third kappa shape index (κ3) is 6.02. The summed E-state index contributed by atoms with van der Waals surface area (Å²) in [6.45, 7) is 8.75. The van der Waals surface area contributed by atoms with Crippen LogP contribution in [-0.4, -0.2) is 69.1 Å². The second kappa shape index (κ2) is 11.7. The summed E-state index contributed by atoms with van der Waals surface area (Å²) in [6, 6.07) is 6.36. The van der Waals surface area contributed by atoms with Gasteiger partial charge in [-0.1, -0.05) is 31.9 Å². The van der Waals surface area contributed by atoms with E-state index >= 15 is 0 Å². The number of nitrogens with zero attached hydrogens (tertiary/aromatic N) is 6. The molecule has 1 saturated heterocycles. The molecule has 0 radical (unpaired) electrons. The first-order valence-corrected chi connectivity index (χ1v) is 12.8. The van der Waals surface area contributed by atoms with Gasteiger partial charge in [-0.15, -0.1) is 0 Å². The molecule has 0 saturated carbocycles. The van der Waals surface area contributed by atoms with E-state index in [1.807, 2.05) is 17.8 Å². The largest absolute Gasteiger partial charge is 0.496 e. The number of nitrogens with two attached hydrogens (primary N) is 1. The molecular weight excluding hydrogens is 442 g/mol. The molecule has 2 aromatic heterocycles. The second-order valence-corrected chi connectivity index (χ2v) is 9.53. The SMILES string of the molecule is CCCCN(c1nc(N)nc2cn(Cc3ccc(CN4CCCCC4)cc3OC)nc12)C(C)CO. The molecule has 190 valence electrons. The van der Waals surface area contributed by atoms with Gasteiger partial charge in [-0.05, 0) is 50.9 Å². The Labute approximate surface area is 207 Å². The average molecular weight is 482 g/mol. The van der Waals surface area contributed by atoms with Crippen molar-refractivity contribution in [2.24, 2.45) is 0 Å². The Kier molecular flexibility index (Phi) is 8.41. The lowest BCUT2D eigenvalue weighted by molar-refractivity contribution is 0.220. The highest BCUT2D eigenvalue weighted by Crippen LogP contribution is 2.27. The predicted octanol–water partition coefficient (Wildman–Crippen LogP) is 3.44. The number of aliphatic hydroxyl groups is 1. The summed E-state index contributed by atoms with van der Waals surface area (Å²) in [7, 11) is 1.72. The van der Waals surface area contributed by atoms with Crippen LogP contribution in [0.25, 0.3) is 11.0 Å². The molecule has 4 rings (SSSR count). The Balaban J connectivity index is 1.60. The van der Waals surface area contributed by atoms with Crippen molar-refractivity contribution in [2.45, 2.75) is 65.1 Å². The molecule has 1 unspecified atom stereocenters. The van der Waals surface area contributed by atoms with Crippen LogP contribution < -0.4 is 15.4 Å². The Morgan fingerprint density at radius 3 is 2.69 bits per heavy atom. The van der Waals surface area contributed by atoms with Crippen molar-refractivity contribution in [2.75, 3.05) is 44.0 Å². The summed E-state index contributed by atoms with van der Waals surface area (Å²) in [5.41, 5.74) is 9.77. The van der Waals surface area contributed by atoms with Gasteiger partial charge in [-0.2, -0.15) is 10.1 Å². The molecule has 0 amide bonds. The number of methoxy groups -OCH3 is 1. The number of aromatic nitrogens is 4. The van der Waals surface area contributed by atoms with E-state index in [2.05, 4.69) is 44.9 Å². The van der Waals surface area contributed by atoms with Crippen molar-refractivity contribution in [3.05, 3.63) is 35.5 Å². The van der Waals surface area contributed by atoms with Crippen LogP contribution in [0.2, 0.25) is 0 Å². The number of piperidine rings is 1. The van der Waals surface area contributed by atoms with Gasteiger partial charge in [-0.3, -0.25) is 9.58 Å². The molecule has 3 N–H and O–H groups in total. The normalized spacial score (nSPS) is 15.4. The van der Waals surface area contributed by atoms with Gasteiger partial charge in [0.1, 0.15) is 11.3 Å². The van der Waals surface area contributed by atoms with E-state index < -0.39 is 0 Å². The quantitative estimate of drug-likeness (QED) is 0.429. The van der Waals surface area contributed by atoms with Crippen LogP contribution in [0.1, 0.15) is 57.1 Å². The molecule has 0 aliphatic carbocycles. The van der Waals surface area contributed by atoms with E-state index in [0.29, 0.717) is 23.4 Å². The molecule has 1 aromatic carbocycles. The van der Waals surface area contributed by atoms with Crippen LogP contribution in [0.15, 0.2) is 24.4 Å². The van der Waals surface area contributed by atoms with Gasteiger partial charge >= 0.3 is 0 Å². The summed E-state index contributed by atoms with van der Waals surface area (Å²) >= 11 is 0. The topological polar surface area (TPSA) is 106 Å². The van der Waals surface area contributed by atoms with Crippen molar-refractivity contribution in [1.29, 1.82) is 0 Å². The number of benzene rings is 1. The van der Waals surface area contributed by atoms with Gasteiger partial charge in [0.15, 0.2) is 11.3 Å². The molecule has 1 atom stereocenters. The third-order valence-electron chi connectivity index (χ3n) is 6.77. The number of likely N-dealkylation sites (tertiary alicyclic amines) is 1. The molecular formula is C26H39N7O2. The lowest BCUT2D eigenvalue weighted by Gasteiger charge is -2.29. The minimum absolute atomic E-state index is 0.0246. The summed E-state index contributed by atoms with van der Waals surface area (Å²) in [5.74, 6) is 1.74. The number of rotatable bonds is 11. The molecule has 3 aromatic rings. The molecule has 1 aliphatic rings. The summed E-state index contributed by atoms with van der Waals surface area (Å²) in [6.07, 6.45) is 7.83. The number of nitrogen functional groups attached to an aromatic ring is 1. The van der Waals surface area contributed by atoms with Crippen molar-refractivity contribution in [3.63, 3.8) is 0 Å². The molecule has 1 fully saturated rings. The lowest BCUT2D eigenvalue weighted by atomic mass is 10.1. The lowest BCUT2D eigenvalue weighted by Crippen LogP contribution is -2.37. The number of anilines is 2. The van der Waals surface area contributed by atoms with Crippen LogP contribution in [-0.2, 0) is 13.1 Å². The molecule has 0 spiro atoms. The highest BCUT2D eigenvalue weighted by atomic mass is 16.5.